The molecule has 3 aromatic rings. The molecule has 0 aliphatic carbocycles. The van der Waals surface area contributed by atoms with Gasteiger partial charge in [-0.05, 0) is 29.8 Å². The van der Waals surface area contributed by atoms with Crippen LogP contribution in [0.15, 0.2) is 60.9 Å². The molecule has 1 heterocycles. The van der Waals surface area contributed by atoms with E-state index < -0.39 is 17.8 Å². The number of benzene rings is 2. The molecule has 0 bridgehead atoms. The summed E-state index contributed by atoms with van der Waals surface area (Å²) in [6.45, 7) is 0. The Balaban J connectivity index is 1.99. The molecule has 2 aromatic carbocycles. The highest BCUT2D eigenvalue weighted by Gasteiger charge is 2.23. The van der Waals surface area contributed by atoms with Gasteiger partial charge in [0.15, 0.2) is 0 Å². The van der Waals surface area contributed by atoms with Gasteiger partial charge in [-0.15, -0.1) is 0 Å². The highest BCUT2D eigenvalue weighted by Crippen LogP contribution is 2.24. The van der Waals surface area contributed by atoms with Gasteiger partial charge in [0.05, 0.1) is 12.7 Å². The summed E-state index contributed by atoms with van der Waals surface area (Å²) in [6, 6.07) is 12.7. The van der Waals surface area contributed by atoms with Crippen molar-refractivity contribution >= 4 is 5.91 Å². The third-order valence-electron chi connectivity index (χ3n) is 3.94. The van der Waals surface area contributed by atoms with E-state index in [2.05, 4.69) is 10.3 Å². The molecule has 6 heteroatoms. The summed E-state index contributed by atoms with van der Waals surface area (Å²) in [6.07, 6.45) is 3.44. The molecule has 0 aliphatic rings. The number of amides is 1. The number of methoxy groups -OCH3 is 1. The minimum atomic E-state index is -0.566. The molecular weight excluding hydrogens is 321 g/mol. The average molecular weight is 339 g/mol. The topological polar surface area (TPSA) is 56.1 Å². The third kappa shape index (κ3) is 3.52. The van der Waals surface area contributed by atoms with Gasteiger partial charge in [-0.3, -0.25) is 4.79 Å². The predicted octanol–water partition coefficient (Wildman–Crippen LogP) is 3.09. The lowest BCUT2D eigenvalue weighted by Crippen LogP contribution is -2.31. The summed E-state index contributed by atoms with van der Waals surface area (Å²) < 4.78 is 21.0. The maximum atomic E-state index is 13.9. The first-order chi connectivity index (χ1) is 12.1. The van der Waals surface area contributed by atoms with Gasteiger partial charge in [0.25, 0.3) is 5.91 Å². The molecule has 0 radical (unpaired) electrons. The van der Waals surface area contributed by atoms with Gasteiger partial charge in [-0.2, -0.15) is 0 Å². The Hall–Kier alpha value is -3.15. The van der Waals surface area contributed by atoms with Crippen LogP contribution in [0.2, 0.25) is 0 Å². The molecule has 128 valence electrons. The molecule has 3 rings (SSSR count). The van der Waals surface area contributed by atoms with Crippen LogP contribution < -0.4 is 10.1 Å². The van der Waals surface area contributed by atoms with Crippen LogP contribution in [0.4, 0.5) is 4.39 Å². The summed E-state index contributed by atoms with van der Waals surface area (Å²) in [7, 11) is 3.41. The van der Waals surface area contributed by atoms with Gasteiger partial charge in [0.1, 0.15) is 23.4 Å². The van der Waals surface area contributed by atoms with Crippen LogP contribution in [0, 0.1) is 5.82 Å². The van der Waals surface area contributed by atoms with E-state index in [1.54, 1.807) is 31.6 Å². The molecule has 0 saturated heterocycles. The van der Waals surface area contributed by atoms with Gasteiger partial charge in [-0.25, -0.2) is 9.37 Å². The van der Waals surface area contributed by atoms with E-state index in [1.807, 2.05) is 35.9 Å². The minimum Gasteiger partial charge on any atom is -0.497 e. The van der Waals surface area contributed by atoms with Crippen LogP contribution in [0.25, 0.3) is 0 Å². The SMILES string of the molecule is COc1cccc(C(NC(=O)c2ccccc2F)c2nccn2C)c1. The van der Waals surface area contributed by atoms with Crippen LogP contribution in [0.5, 0.6) is 5.75 Å². The van der Waals surface area contributed by atoms with Crippen LogP contribution in [0.1, 0.15) is 27.8 Å². The fourth-order valence-corrected chi connectivity index (χ4v) is 2.63. The zero-order valence-corrected chi connectivity index (χ0v) is 13.9. The van der Waals surface area contributed by atoms with Crippen molar-refractivity contribution in [3.8, 4) is 5.75 Å². The molecule has 25 heavy (non-hydrogen) atoms. The molecule has 1 unspecified atom stereocenters. The number of rotatable bonds is 5. The quantitative estimate of drug-likeness (QED) is 0.777. The van der Waals surface area contributed by atoms with Gasteiger partial charge in [0.2, 0.25) is 0 Å². The van der Waals surface area contributed by atoms with Crippen molar-refractivity contribution in [2.24, 2.45) is 7.05 Å². The van der Waals surface area contributed by atoms with Crippen LogP contribution in [-0.4, -0.2) is 22.6 Å². The second-order valence-corrected chi connectivity index (χ2v) is 5.56. The lowest BCUT2D eigenvalue weighted by molar-refractivity contribution is 0.0937. The number of aryl methyl sites for hydroxylation is 1. The maximum absolute atomic E-state index is 13.9. The van der Waals surface area contributed by atoms with Gasteiger partial charge in [0, 0.05) is 19.4 Å². The molecule has 5 nitrogen and oxygen atoms in total. The Labute approximate surface area is 145 Å². The first kappa shape index (κ1) is 16.7. The second-order valence-electron chi connectivity index (χ2n) is 5.56. The van der Waals surface area contributed by atoms with Gasteiger partial charge >= 0.3 is 0 Å². The van der Waals surface area contributed by atoms with Crippen molar-refractivity contribution in [2.75, 3.05) is 7.11 Å². The van der Waals surface area contributed by atoms with E-state index in [0.717, 1.165) is 5.56 Å². The zero-order chi connectivity index (χ0) is 17.8. The molecule has 1 atom stereocenters. The predicted molar refractivity (Wildman–Crippen MR) is 91.9 cm³/mol. The number of hydrogen-bond acceptors (Lipinski definition) is 3. The Morgan fingerprint density at radius 3 is 2.72 bits per heavy atom. The van der Waals surface area contributed by atoms with Crippen molar-refractivity contribution in [1.29, 1.82) is 0 Å². The summed E-state index contributed by atoms with van der Waals surface area (Å²) in [5.41, 5.74) is 0.781. The van der Waals surface area contributed by atoms with Crippen LogP contribution >= 0.6 is 0 Å². The summed E-state index contributed by atoms with van der Waals surface area (Å²) >= 11 is 0. The number of ether oxygens (including phenoxy) is 1. The fourth-order valence-electron chi connectivity index (χ4n) is 2.63. The first-order valence-electron chi connectivity index (χ1n) is 7.76. The smallest absolute Gasteiger partial charge is 0.255 e. The van der Waals surface area contributed by atoms with E-state index in [4.69, 9.17) is 4.74 Å². The zero-order valence-electron chi connectivity index (χ0n) is 13.9. The number of aromatic nitrogens is 2. The normalized spacial score (nSPS) is 11.8. The fraction of sp³-hybridized carbons (Fsp3) is 0.158. The molecule has 0 saturated carbocycles. The molecular formula is C19H18FN3O2. The summed E-state index contributed by atoms with van der Waals surface area (Å²) in [5.74, 6) is 0.230. The minimum absolute atomic E-state index is 0.00962. The number of nitrogens with one attached hydrogen (secondary N) is 1. The van der Waals surface area contributed by atoms with E-state index >= 15 is 0 Å². The van der Waals surface area contributed by atoms with Crippen LogP contribution in [0.3, 0.4) is 0 Å². The van der Waals surface area contributed by atoms with E-state index in [-0.39, 0.29) is 5.56 Å². The third-order valence-corrected chi connectivity index (χ3v) is 3.94. The second kappa shape index (κ2) is 7.17. The monoisotopic (exact) mass is 339 g/mol. The molecule has 1 aromatic heterocycles. The average Bonchev–Trinajstić information content (AvgIpc) is 3.05. The van der Waals surface area contributed by atoms with Gasteiger partial charge < -0.3 is 14.6 Å². The van der Waals surface area contributed by atoms with E-state index in [0.29, 0.717) is 11.6 Å². The summed E-state index contributed by atoms with van der Waals surface area (Å²) in [5, 5.41) is 2.87. The van der Waals surface area contributed by atoms with Crippen molar-refractivity contribution in [1.82, 2.24) is 14.9 Å². The molecule has 1 amide bonds. The standard InChI is InChI=1S/C19H18FN3O2/c1-23-11-10-21-18(23)17(13-6-5-7-14(12-13)25-2)22-19(24)15-8-3-4-9-16(15)20/h3-12,17H,1-2H3,(H,22,24). The maximum Gasteiger partial charge on any atom is 0.255 e. The number of hydrogen-bond donors (Lipinski definition) is 1. The summed E-state index contributed by atoms with van der Waals surface area (Å²) in [4.78, 5) is 16.9. The van der Waals surface area contributed by atoms with Crippen molar-refractivity contribution in [3.05, 3.63) is 83.7 Å². The van der Waals surface area contributed by atoms with E-state index in [1.165, 1.54) is 12.1 Å². The number of carbonyl (C=O) groups excluding carboxylic acids is 1. The van der Waals surface area contributed by atoms with Crippen molar-refractivity contribution < 1.29 is 13.9 Å². The lowest BCUT2D eigenvalue weighted by Gasteiger charge is -2.20. The Kier molecular flexibility index (Phi) is 4.79. The van der Waals surface area contributed by atoms with E-state index in [9.17, 15) is 9.18 Å². The lowest BCUT2D eigenvalue weighted by atomic mass is 10.0. The molecule has 0 fully saturated rings. The largest absolute Gasteiger partial charge is 0.497 e. The number of imidazole rings is 1. The number of nitrogens with zero attached hydrogens (tertiary/aromatic N) is 2. The Morgan fingerprint density at radius 1 is 1.24 bits per heavy atom. The Morgan fingerprint density at radius 2 is 2.04 bits per heavy atom. The molecule has 0 spiro atoms. The highest BCUT2D eigenvalue weighted by molar-refractivity contribution is 5.94. The molecule has 1 N–H and O–H groups in total. The van der Waals surface area contributed by atoms with Crippen molar-refractivity contribution in [2.45, 2.75) is 6.04 Å². The number of halogens is 1. The Bertz CT molecular complexity index is 892. The number of carbonyl (C=O) groups is 1. The van der Waals surface area contributed by atoms with Gasteiger partial charge in [-0.1, -0.05) is 24.3 Å². The van der Waals surface area contributed by atoms with Crippen LogP contribution in [-0.2, 0) is 7.05 Å². The first-order valence-corrected chi connectivity index (χ1v) is 7.76. The van der Waals surface area contributed by atoms with Crippen molar-refractivity contribution in [3.63, 3.8) is 0 Å². The molecule has 0 aliphatic heterocycles. The highest BCUT2D eigenvalue weighted by atomic mass is 19.1.